The Kier molecular flexibility index (Phi) is 6.91. The Morgan fingerprint density at radius 1 is 1.33 bits per heavy atom. The summed E-state index contributed by atoms with van der Waals surface area (Å²) in [6.07, 6.45) is 10.3. The first-order valence-electron chi connectivity index (χ1n) is 11.2. The molecule has 0 amide bonds. The monoisotopic (exact) mass is 416 g/mol. The Hall–Kier alpha value is -1.88. The number of hydrogen-bond donors (Lipinski definition) is 1. The maximum atomic E-state index is 12.8. The van der Waals surface area contributed by atoms with E-state index in [1.807, 2.05) is 13.8 Å². The summed E-state index contributed by atoms with van der Waals surface area (Å²) >= 11 is 0. The second kappa shape index (κ2) is 9.09. The lowest BCUT2D eigenvalue weighted by Crippen LogP contribution is -2.43. The largest absolute Gasteiger partial charge is 0.462 e. The molecule has 1 saturated heterocycles. The van der Waals surface area contributed by atoms with Gasteiger partial charge in [-0.15, -0.1) is 6.58 Å². The third kappa shape index (κ3) is 5.05. The van der Waals surface area contributed by atoms with Crippen LogP contribution in [0.1, 0.15) is 59.8 Å². The molecule has 3 rings (SSSR count). The normalized spacial score (nSPS) is 36.4. The van der Waals surface area contributed by atoms with Gasteiger partial charge in [-0.1, -0.05) is 38.2 Å². The Bertz CT molecular complexity index is 734. The van der Waals surface area contributed by atoms with Crippen molar-refractivity contribution in [3.05, 3.63) is 36.5 Å². The van der Waals surface area contributed by atoms with Crippen molar-refractivity contribution in [3.63, 3.8) is 0 Å². The molecule has 0 aromatic carbocycles. The zero-order valence-electron chi connectivity index (χ0n) is 18.7. The van der Waals surface area contributed by atoms with Gasteiger partial charge in [-0.25, -0.2) is 0 Å². The molecule has 166 valence electrons. The predicted molar refractivity (Wildman–Crippen MR) is 115 cm³/mol. The van der Waals surface area contributed by atoms with Gasteiger partial charge in [0.1, 0.15) is 12.2 Å². The summed E-state index contributed by atoms with van der Waals surface area (Å²) in [7, 11) is 0. The van der Waals surface area contributed by atoms with E-state index in [-0.39, 0.29) is 42.4 Å². The molecule has 1 heterocycles. The van der Waals surface area contributed by atoms with E-state index in [0.29, 0.717) is 24.7 Å². The van der Waals surface area contributed by atoms with E-state index in [9.17, 15) is 14.7 Å². The van der Waals surface area contributed by atoms with Gasteiger partial charge in [0.15, 0.2) is 0 Å². The minimum atomic E-state index is -0.720. The zero-order valence-corrected chi connectivity index (χ0v) is 18.7. The summed E-state index contributed by atoms with van der Waals surface area (Å²) in [6, 6.07) is 0. The van der Waals surface area contributed by atoms with Crippen LogP contribution in [0, 0.1) is 29.1 Å². The molecule has 1 aliphatic heterocycles. The number of cyclic esters (lactones) is 1. The number of hydrogen-bond acceptors (Lipinski definition) is 5. The number of fused-ring (bicyclic) bond motifs is 1. The van der Waals surface area contributed by atoms with Crippen LogP contribution in [0.2, 0.25) is 0 Å². The summed E-state index contributed by atoms with van der Waals surface area (Å²) in [4.78, 5) is 24.5. The molecule has 5 nitrogen and oxygen atoms in total. The fourth-order valence-corrected chi connectivity index (χ4v) is 5.01. The molecule has 5 heteroatoms. The van der Waals surface area contributed by atoms with Crippen molar-refractivity contribution in [1.82, 2.24) is 0 Å². The van der Waals surface area contributed by atoms with E-state index in [2.05, 4.69) is 38.7 Å². The molecule has 0 radical (unpaired) electrons. The Labute approximate surface area is 180 Å². The van der Waals surface area contributed by atoms with Crippen molar-refractivity contribution in [2.45, 2.75) is 78.1 Å². The molecule has 0 saturated carbocycles. The van der Waals surface area contributed by atoms with Crippen molar-refractivity contribution >= 4 is 11.9 Å². The Balaban J connectivity index is 1.77. The second-order valence-electron chi connectivity index (χ2n) is 9.94. The lowest BCUT2D eigenvalue weighted by atomic mass is 9.65. The van der Waals surface area contributed by atoms with Gasteiger partial charge in [-0.3, -0.25) is 9.59 Å². The van der Waals surface area contributed by atoms with Crippen molar-refractivity contribution in [2.24, 2.45) is 29.1 Å². The van der Waals surface area contributed by atoms with Gasteiger partial charge in [0.05, 0.1) is 17.9 Å². The number of rotatable bonds is 6. The van der Waals surface area contributed by atoms with Crippen LogP contribution in [-0.2, 0) is 19.1 Å². The van der Waals surface area contributed by atoms with Crippen molar-refractivity contribution in [2.75, 3.05) is 0 Å². The number of aliphatic hydroxyl groups is 1. The summed E-state index contributed by atoms with van der Waals surface area (Å²) in [6.45, 7) is 11.8. The van der Waals surface area contributed by atoms with Crippen LogP contribution >= 0.6 is 0 Å². The molecule has 7 atom stereocenters. The number of allylic oxidation sites excluding steroid dienone is 3. The molecule has 0 unspecified atom stereocenters. The van der Waals surface area contributed by atoms with Gasteiger partial charge in [0, 0.05) is 12.3 Å². The third-order valence-electron chi connectivity index (χ3n) is 6.95. The van der Waals surface area contributed by atoms with E-state index < -0.39 is 11.5 Å². The van der Waals surface area contributed by atoms with Crippen LogP contribution in [0.3, 0.4) is 0 Å². The highest BCUT2D eigenvalue weighted by Gasteiger charge is 2.43. The van der Waals surface area contributed by atoms with Crippen molar-refractivity contribution in [1.29, 1.82) is 0 Å². The Morgan fingerprint density at radius 3 is 2.73 bits per heavy atom. The first-order valence-corrected chi connectivity index (χ1v) is 11.2. The molecule has 0 spiro atoms. The molecular formula is C25H36O5. The van der Waals surface area contributed by atoms with Crippen molar-refractivity contribution < 1.29 is 24.2 Å². The molecule has 0 aromatic rings. The average Bonchev–Trinajstić information content (AvgIpc) is 2.66. The van der Waals surface area contributed by atoms with Crippen LogP contribution < -0.4 is 0 Å². The fourth-order valence-electron chi connectivity index (χ4n) is 5.01. The highest BCUT2D eigenvalue weighted by atomic mass is 16.6. The van der Waals surface area contributed by atoms with Gasteiger partial charge in [0.25, 0.3) is 0 Å². The van der Waals surface area contributed by atoms with Crippen LogP contribution in [-0.4, -0.2) is 35.4 Å². The zero-order chi connectivity index (χ0) is 22.1. The first kappa shape index (κ1) is 22.8. The van der Waals surface area contributed by atoms with E-state index >= 15 is 0 Å². The lowest BCUT2D eigenvalue weighted by molar-refractivity contribution is -0.163. The van der Waals surface area contributed by atoms with E-state index in [1.54, 1.807) is 6.08 Å². The first-order chi connectivity index (χ1) is 14.1. The minimum absolute atomic E-state index is 0.0869. The molecule has 30 heavy (non-hydrogen) atoms. The number of esters is 2. The number of ether oxygens (including phenoxy) is 2. The lowest BCUT2D eigenvalue weighted by Gasteiger charge is -2.44. The molecule has 0 bridgehead atoms. The van der Waals surface area contributed by atoms with Crippen LogP contribution in [0.25, 0.3) is 0 Å². The SMILES string of the molecule is C=CC(C)(C)C(=O)O[C@H]1C[C@@H](C)C=C2C=C[C@H](C)[C@H](CC[C@H]3C[C@@H](O)CC(=O)O3)[C@H]21. The highest BCUT2D eigenvalue weighted by Crippen LogP contribution is 2.45. The molecule has 2 aliphatic carbocycles. The van der Waals surface area contributed by atoms with Crippen LogP contribution in [0.5, 0.6) is 0 Å². The molecule has 1 fully saturated rings. The number of carbonyl (C=O) groups excluding carboxylic acids is 2. The van der Waals surface area contributed by atoms with E-state index in [4.69, 9.17) is 9.47 Å². The molecular weight excluding hydrogens is 380 g/mol. The van der Waals surface area contributed by atoms with Crippen LogP contribution in [0.4, 0.5) is 0 Å². The molecule has 0 aromatic heterocycles. The summed E-state index contributed by atoms with van der Waals surface area (Å²) in [5, 5.41) is 9.91. The predicted octanol–water partition coefficient (Wildman–Crippen LogP) is 4.36. The second-order valence-corrected chi connectivity index (χ2v) is 9.94. The van der Waals surface area contributed by atoms with Gasteiger partial charge < -0.3 is 14.6 Å². The van der Waals surface area contributed by atoms with Crippen molar-refractivity contribution in [3.8, 4) is 0 Å². The van der Waals surface area contributed by atoms with E-state index in [0.717, 1.165) is 12.8 Å². The Morgan fingerprint density at radius 2 is 2.07 bits per heavy atom. The summed E-state index contributed by atoms with van der Waals surface area (Å²) < 4.78 is 11.5. The standard InChI is InChI=1S/C25H36O5/c1-6-25(4,5)24(28)30-21-12-15(2)11-17-8-7-16(3)20(23(17)21)10-9-19-13-18(26)14-22(27)29-19/h6-8,11,15-16,18-21,23,26H,1,9-10,12-14H2,2-5H3/t15-,16-,18+,19-,20-,21-,23-/m0/s1. The van der Waals surface area contributed by atoms with Gasteiger partial charge >= 0.3 is 11.9 Å². The van der Waals surface area contributed by atoms with Gasteiger partial charge in [-0.05, 0) is 56.4 Å². The quantitative estimate of drug-likeness (QED) is 0.514. The summed E-state index contributed by atoms with van der Waals surface area (Å²) in [5.74, 6) is 0.542. The van der Waals surface area contributed by atoms with Gasteiger partial charge in [-0.2, -0.15) is 0 Å². The molecule has 3 aliphatic rings. The maximum Gasteiger partial charge on any atom is 0.315 e. The average molecular weight is 417 g/mol. The van der Waals surface area contributed by atoms with Gasteiger partial charge in [0.2, 0.25) is 0 Å². The fraction of sp³-hybridized carbons (Fsp3) is 0.680. The minimum Gasteiger partial charge on any atom is -0.462 e. The van der Waals surface area contributed by atoms with Crippen LogP contribution in [0.15, 0.2) is 36.5 Å². The number of carbonyl (C=O) groups is 2. The summed E-state index contributed by atoms with van der Waals surface area (Å²) in [5.41, 5.74) is 0.523. The maximum absolute atomic E-state index is 12.8. The topological polar surface area (TPSA) is 72.8 Å². The highest BCUT2D eigenvalue weighted by molar-refractivity contribution is 5.78. The number of aliphatic hydroxyl groups excluding tert-OH is 1. The molecule has 1 N–H and O–H groups in total. The third-order valence-corrected chi connectivity index (χ3v) is 6.95. The smallest absolute Gasteiger partial charge is 0.315 e. The van der Waals surface area contributed by atoms with E-state index in [1.165, 1.54) is 5.57 Å².